The van der Waals surface area contributed by atoms with Gasteiger partial charge in [0.1, 0.15) is 0 Å². The molecule has 1 atom stereocenters. The van der Waals surface area contributed by atoms with Crippen molar-refractivity contribution in [1.29, 1.82) is 0 Å². The van der Waals surface area contributed by atoms with Crippen LogP contribution in [0, 0.1) is 0 Å². The van der Waals surface area contributed by atoms with Gasteiger partial charge in [-0.2, -0.15) is 0 Å². The second-order valence-electron chi connectivity index (χ2n) is 3.94. The summed E-state index contributed by atoms with van der Waals surface area (Å²) >= 11 is 0. The van der Waals surface area contributed by atoms with Crippen LogP contribution in [-0.4, -0.2) is 6.04 Å². The van der Waals surface area contributed by atoms with Crippen LogP contribution in [0.4, 0.5) is 0 Å². The van der Waals surface area contributed by atoms with E-state index in [0.29, 0.717) is 0 Å². The van der Waals surface area contributed by atoms with Gasteiger partial charge in [-0.1, -0.05) is 32.0 Å². The summed E-state index contributed by atoms with van der Waals surface area (Å²) in [4.78, 5) is 0. The molecule has 0 spiro atoms. The van der Waals surface area contributed by atoms with E-state index in [-0.39, 0.29) is 6.04 Å². The standard InChI is InChI=1S/C13H21N/c1-4-11-7-6-8-12(5-2)13(11)9-10(3)14/h6-8,10H,4-5,9,14H2,1-3H3. The summed E-state index contributed by atoms with van der Waals surface area (Å²) in [6, 6.07) is 6.85. The summed E-state index contributed by atoms with van der Waals surface area (Å²) in [7, 11) is 0. The van der Waals surface area contributed by atoms with E-state index in [1.165, 1.54) is 16.7 Å². The van der Waals surface area contributed by atoms with E-state index >= 15 is 0 Å². The molecular formula is C13H21N. The fraction of sp³-hybridized carbons (Fsp3) is 0.538. The Labute approximate surface area is 87.3 Å². The van der Waals surface area contributed by atoms with Crippen LogP contribution < -0.4 is 5.73 Å². The number of nitrogens with two attached hydrogens (primary N) is 1. The van der Waals surface area contributed by atoms with Gasteiger partial charge in [0, 0.05) is 6.04 Å². The van der Waals surface area contributed by atoms with Crippen LogP contribution in [0.15, 0.2) is 18.2 Å². The zero-order valence-corrected chi connectivity index (χ0v) is 9.51. The van der Waals surface area contributed by atoms with E-state index in [2.05, 4.69) is 39.0 Å². The fourth-order valence-corrected chi connectivity index (χ4v) is 1.93. The molecule has 1 nitrogen and oxygen atoms in total. The van der Waals surface area contributed by atoms with E-state index in [9.17, 15) is 0 Å². The third kappa shape index (κ3) is 2.58. The molecule has 1 aromatic carbocycles. The Morgan fingerprint density at radius 2 is 1.64 bits per heavy atom. The molecule has 0 radical (unpaired) electrons. The number of benzene rings is 1. The minimum Gasteiger partial charge on any atom is -0.328 e. The van der Waals surface area contributed by atoms with Crippen molar-refractivity contribution >= 4 is 0 Å². The highest BCUT2D eigenvalue weighted by Gasteiger charge is 2.07. The molecular weight excluding hydrogens is 170 g/mol. The summed E-state index contributed by atoms with van der Waals surface area (Å²) in [5, 5.41) is 0. The van der Waals surface area contributed by atoms with Crippen LogP contribution in [0.3, 0.4) is 0 Å². The molecule has 0 bridgehead atoms. The van der Waals surface area contributed by atoms with E-state index in [0.717, 1.165) is 19.3 Å². The first kappa shape index (κ1) is 11.3. The zero-order valence-electron chi connectivity index (χ0n) is 9.51. The normalized spacial score (nSPS) is 12.9. The van der Waals surface area contributed by atoms with Crippen molar-refractivity contribution in [3.63, 3.8) is 0 Å². The van der Waals surface area contributed by atoms with Crippen molar-refractivity contribution in [1.82, 2.24) is 0 Å². The molecule has 1 rings (SSSR count). The van der Waals surface area contributed by atoms with Gasteiger partial charge in [-0.15, -0.1) is 0 Å². The Hall–Kier alpha value is -0.820. The maximum Gasteiger partial charge on any atom is 0.00511 e. The predicted octanol–water partition coefficient (Wildman–Crippen LogP) is 2.70. The SMILES string of the molecule is CCc1cccc(CC)c1CC(C)N. The molecule has 0 amide bonds. The van der Waals surface area contributed by atoms with Crippen molar-refractivity contribution in [3.8, 4) is 0 Å². The van der Waals surface area contributed by atoms with Gasteiger partial charge in [0.05, 0.1) is 0 Å². The smallest absolute Gasteiger partial charge is 0.00511 e. The Morgan fingerprint density at radius 3 is 2.00 bits per heavy atom. The summed E-state index contributed by atoms with van der Waals surface area (Å²) < 4.78 is 0. The maximum atomic E-state index is 5.87. The van der Waals surface area contributed by atoms with Crippen LogP contribution >= 0.6 is 0 Å². The highest BCUT2D eigenvalue weighted by atomic mass is 14.6. The average Bonchev–Trinajstić information content (AvgIpc) is 2.17. The summed E-state index contributed by atoms with van der Waals surface area (Å²) in [5.74, 6) is 0. The van der Waals surface area contributed by atoms with Gasteiger partial charge in [-0.25, -0.2) is 0 Å². The molecule has 78 valence electrons. The predicted molar refractivity (Wildman–Crippen MR) is 62.6 cm³/mol. The summed E-state index contributed by atoms with van der Waals surface area (Å²) in [5.41, 5.74) is 10.3. The number of hydrogen-bond acceptors (Lipinski definition) is 1. The highest BCUT2D eigenvalue weighted by Crippen LogP contribution is 2.17. The van der Waals surface area contributed by atoms with Crippen molar-refractivity contribution in [2.75, 3.05) is 0 Å². The Kier molecular flexibility index (Phi) is 4.15. The Bertz CT molecular complexity index is 267. The largest absolute Gasteiger partial charge is 0.328 e. The van der Waals surface area contributed by atoms with Gasteiger partial charge in [-0.05, 0) is 42.9 Å². The molecule has 0 aliphatic carbocycles. The van der Waals surface area contributed by atoms with E-state index in [4.69, 9.17) is 5.73 Å². The minimum atomic E-state index is 0.257. The minimum absolute atomic E-state index is 0.257. The van der Waals surface area contributed by atoms with Crippen LogP contribution in [0.5, 0.6) is 0 Å². The molecule has 1 heteroatoms. The quantitative estimate of drug-likeness (QED) is 0.778. The number of rotatable bonds is 4. The maximum absolute atomic E-state index is 5.87. The fourth-order valence-electron chi connectivity index (χ4n) is 1.93. The van der Waals surface area contributed by atoms with Gasteiger partial charge < -0.3 is 5.73 Å². The van der Waals surface area contributed by atoms with Crippen LogP contribution in [-0.2, 0) is 19.3 Å². The second-order valence-corrected chi connectivity index (χ2v) is 3.94. The zero-order chi connectivity index (χ0) is 10.6. The molecule has 14 heavy (non-hydrogen) atoms. The summed E-state index contributed by atoms with van der Waals surface area (Å²) in [6.45, 7) is 6.49. The van der Waals surface area contributed by atoms with E-state index in [1.807, 2.05) is 0 Å². The van der Waals surface area contributed by atoms with Crippen molar-refractivity contribution in [3.05, 3.63) is 34.9 Å². The Morgan fingerprint density at radius 1 is 1.14 bits per heavy atom. The second kappa shape index (κ2) is 5.16. The van der Waals surface area contributed by atoms with E-state index in [1.54, 1.807) is 0 Å². The number of aryl methyl sites for hydroxylation is 2. The highest BCUT2D eigenvalue weighted by molar-refractivity contribution is 5.36. The molecule has 1 aromatic rings. The molecule has 0 aliphatic rings. The lowest BCUT2D eigenvalue weighted by molar-refractivity contribution is 0.725. The lowest BCUT2D eigenvalue weighted by atomic mass is 9.93. The van der Waals surface area contributed by atoms with Crippen LogP contribution in [0.1, 0.15) is 37.5 Å². The molecule has 0 aromatic heterocycles. The molecule has 0 aliphatic heterocycles. The summed E-state index contributed by atoms with van der Waals surface area (Å²) in [6.07, 6.45) is 3.22. The molecule has 2 N–H and O–H groups in total. The van der Waals surface area contributed by atoms with Gasteiger partial charge in [0.25, 0.3) is 0 Å². The monoisotopic (exact) mass is 191 g/mol. The van der Waals surface area contributed by atoms with E-state index < -0.39 is 0 Å². The first-order valence-electron chi connectivity index (χ1n) is 5.54. The Balaban J connectivity index is 3.05. The van der Waals surface area contributed by atoms with Gasteiger partial charge in [0.15, 0.2) is 0 Å². The van der Waals surface area contributed by atoms with Gasteiger partial charge in [0.2, 0.25) is 0 Å². The van der Waals surface area contributed by atoms with Crippen LogP contribution in [0.25, 0.3) is 0 Å². The number of hydrogen-bond donors (Lipinski definition) is 1. The third-order valence-electron chi connectivity index (χ3n) is 2.66. The first-order valence-corrected chi connectivity index (χ1v) is 5.54. The molecule has 0 saturated carbocycles. The van der Waals surface area contributed by atoms with Crippen LogP contribution in [0.2, 0.25) is 0 Å². The van der Waals surface area contributed by atoms with Crippen molar-refractivity contribution in [2.24, 2.45) is 5.73 Å². The molecule has 0 heterocycles. The van der Waals surface area contributed by atoms with Crippen molar-refractivity contribution in [2.45, 2.75) is 46.1 Å². The lowest BCUT2D eigenvalue weighted by Crippen LogP contribution is -2.19. The molecule has 1 unspecified atom stereocenters. The topological polar surface area (TPSA) is 26.0 Å². The first-order chi connectivity index (χ1) is 6.69. The lowest BCUT2D eigenvalue weighted by Gasteiger charge is -2.14. The van der Waals surface area contributed by atoms with Gasteiger partial charge >= 0.3 is 0 Å². The average molecular weight is 191 g/mol. The third-order valence-corrected chi connectivity index (χ3v) is 2.66. The van der Waals surface area contributed by atoms with Gasteiger partial charge in [-0.3, -0.25) is 0 Å². The molecule has 0 saturated heterocycles. The van der Waals surface area contributed by atoms with Crippen molar-refractivity contribution < 1.29 is 0 Å². The molecule has 0 fully saturated rings.